The number of methoxy groups -OCH3 is 1. The van der Waals surface area contributed by atoms with E-state index in [-0.39, 0.29) is 17.9 Å². The zero-order valence-corrected chi connectivity index (χ0v) is 11.4. The fourth-order valence-electron chi connectivity index (χ4n) is 1.71. The molecule has 0 radical (unpaired) electrons. The summed E-state index contributed by atoms with van der Waals surface area (Å²) in [7, 11) is 1.24. The molecule has 0 saturated carbocycles. The fraction of sp³-hybridized carbons (Fsp3) is 0.462. The molecule has 0 aliphatic carbocycles. The monoisotopic (exact) mass is 307 g/mol. The van der Waals surface area contributed by atoms with Gasteiger partial charge in [0.15, 0.2) is 0 Å². The lowest BCUT2D eigenvalue weighted by Crippen LogP contribution is -2.34. The van der Waals surface area contributed by atoms with Crippen LogP contribution in [0.3, 0.4) is 0 Å². The van der Waals surface area contributed by atoms with Gasteiger partial charge >= 0.3 is 6.18 Å². The molecule has 0 aliphatic rings. The summed E-state index contributed by atoms with van der Waals surface area (Å²) in [6, 6.07) is 2.59. The highest BCUT2D eigenvalue weighted by Gasteiger charge is 2.33. The number of carbonyl (C=O) groups is 1. The van der Waals surface area contributed by atoms with Gasteiger partial charge in [0.05, 0.1) is 12.7 Å². The summed E-state index contributed by atoms with van der Waals surface area (Å²) < 4.78 is 42.9. The van der Waals surface area contributed by atoms with E-state index in [1.807, 2.05) is 0 Å². The van der Waals surface area contributed by atoms with Crippen LogP contribution in [-0.2, 0) is 11.0 Å². The third-order valence-electron chi connectivity index (χ3n) is 2.80. The Morgan fingerprint density at radius 3 is 2.48 bits per heavy atom. The van der Waals surface area contributed by atoms with E-state index in [4.69, 9.17) is 4.74 Å². The summed E-state index contributed by atoms with van der Waals surface area (Å²) in [4.78, 5) is 10.7. The van der Waals surface area contributed by atoms with Gasteiger partial charge in [-0.25, -0.2) is 0 Å². The Morgan fingerprint density at radius 1 is 1.38 bits per heavy atom. The largest absolute Gasteiger partial charge is 0.496 e. The number of ether oxygens (including phenoxy) is 1. The molecule has 118 valence electrons. The molecule has 0 aliphatic heterocycles. The van der Waals surface area contributed by atoms with Crippen molar-refractivity contribution in [3.63, 3.8) is 0 Å². The number of carbonyl (C=O) groups excluding carboxylic acids is 1. The molecule has 1 rings (SSSR count). The summed E-state index contributed by atoms with van der Waals surface area (Å²) in [6.07, 6.45) is -7.68. The van der Waals surface area contributed by atoms with E-state index in [2.05, 4.69) is 5.32 Å². The maximum atomic E-state index is 12.7. The quantitative estimate of drug-likeness (QED) is 0.765. The third kappa shape index (κ3) is 4.61. The van der Waals surface area contributed by atoms with Crippen molar-refractivity contribution in [1.29, 1.82) is 0 Å². The van der Waals surface area contributed by atoms with Crippen LogP contribution in [0.15, 0.2) is 18.2 Å². The maximum absolute atomic E-state index is 12.7. The number of hydrogen-bond donors (Lipinski definition) is 3. The highest BCUT2D eigenvalue weighted by atomic mass is 19.4. The van der Waals surface area contributed by atoms with Gasteiger partial charge in [0, 0.05) is 19.0 Å². The Morgan fingerprint density at radius 2 is 2.00 bits per heavy atom. The van der Waals surface area contributed by atoms with Crippen LogP contribution >= 0.6 is 0 Å². The number of aliphatic hydroxyl groups excluding tert-OH is 2. The van der Waals surface area contributed by atoms with Crippen LogP contribution in [0.1, 0.15) is 24.2 Å². The molecule has 0 spiro atoms. The van der Waals surface area contributed by atoms with Gasteiger partial charge in [0.1, 0.15) is 18.0 Å². The molecule has 1 aromatic rings. The van der Waals surface area contributed by atoms with Gasteiger partial charge in [-0.1, -0.05) is 0 Å². The van der Waals surface area contributed by atoms with Gasteiger partial charge in [0.25, 0.3) is 0 Å². The lowest BCUT2D eigenvalue weighted by Gasteiger charge is -2.21. The van der Waals surface area contributed by atoms with Crippen molar-refractivity contribution in [2.45, 2.75) is 25.3 Å². The Labute approximate surface area is 119 Å². The first-order chi connectivity index (χ1) is 9.66. The van der Waals surface area contributed by atoms with Crippen molar-refractivity contribution >= 4 is 5.91 Å². The lowest BCUT2D eigenvalue weighted by atomic mass is 10.00. The summed E-state index contributed by atoms with van der Waals surface area (Å²) in [5, 5.41) is 22.0. The van der Waals surface area contributed by atoms with Crippen LogP contribution < -0.4 is 10.1 Å². The van der Waals surface area contributed by atoms with E-state index >= 15 is 0 Å². The molecular formula is C13H16F3NO4. The minimum Gasteiger partial charge on any atom is -0.496 e. The second-order valence-corrected chi connectivity index (χ2v) is 4.40. The Balaban J connectivity index is 3.05. The van der Waals surface area contributed by atoms with E-state index in [1.54, 1.807) is 0 Å². The van der Waals surface area contributed by atoms with Gasteiger partial charge in [-0.2, -0.15) is 13.2 Å². The molecule has 0 fully saturated rings. The van der Waals surface area contributed by atoms with Crippen molar-refractivity contribution in [1.82, 2.24) is 5.32 Å². The second-order valence-electron chi connectivity index (χ2n) is 4.40. The van der Waals surface area contributed by atoms with Gasteiger partial charge in [-0.05, 0) is 18.2 Å². The number of halogens is 3. The summed E-state index contributed by atoms with van der Waals surface area (Å²) in [6.45, 7) is 0.917. The van der Waals surface area contributed by atoms with Crippen LogP contribution in [0, 0.1) is 0 Å². The maximum Gasteiger partial charge on any atom is 0.416 e. The number of amides is 1. The number of alkyl halides is 3. The first kappa shape index (κ1) is 17.3. The molecule has 0 bridgehead atoms. The first-order valence-corrected chi connectivity index (χ1v) is 6.02. The van der Waals surface area contributed by atoms with Crippen molar-refractivity contribution in [2.24, 2.45) is 0 Å². The molecule has 1 aromatic carbocycles. The van der Waals surface area contributed by atoms with Gasteiger partial charge in [-0.15, -0.1) is 0 Å². The molecule has 1 amide bonds. The standard InChI is InChI=1S/C13H16F3NO4/c1-7(18)17-6-10(19)12(20)9-5-8(13(14,15)16)3-4-11(9)21-2/h3-5,10,12,19-20H,6H2,1-2H3,(H,17,18). The van der Waals surface area contributed by atoms with Crippen LogP contribution in [-0.4, -0.2) is 35.9 Å². The number of aliphatic hydroxyl groups is 2. The fourth-order valence-corrected chi connectivity index (χ4v) is 1.71. The highest BCUT2D eigenvalue weighted by Crippen LogP contribution is 2.35. The predicted molar refractivity (Wildman–Crippen MR) is 67.6 cm³/mol. The first-order valence-electron chi connectivity index (χ1n) is 6.02. The molecular weight excluding hydrogens is 291 g/mol. The van der Waals surface area contributed by atoms with Crippen LogP contribution in [0.5, 0.6) is 5.75 Å². The van der Waals surface area contributed by atoms with Gasteiger partial charge in [-0.3, -0.25) is 4.79 Å². The molecule has 0 heterocycles. The smallest absolute Gasteiger partial charge is 0.416 e. The molecule has 21 heavy (non-hydrogen) atoms. The second kappa shape index (κ2) is 6.77. The minimum atomic E-state index is -4.58. The van der Waals surface area contributed by atoms with Crippen LogP contribution in [0.2, 0.25) is 0 Å². The Hall–Kier alpha value is -1.80. The molecule has 0 saturated heterocycles. The SMILES string of the molecule is COc1ccc(C(F)(F)F)cc1C(O)C(O)CNC(C)=O. The van der Waals surface area contributed by atoms with Crippen LogP contribution in [0.4, 0.5) is 13.2 Å². The summed E-state index contributed by atoms with van der Waals surface area (Å²) >= 11 is 0. The number of benzene rings is 1. The van der Waals surface area contributed by atoms with E-state index in [0.717, 1.165) is 12.1 Å². The van der Waals surface area contributed by atoms with Crippen LogP contribution in [0.25, 0.3) is 0 Å². The van der Waals surface area contributed by atoms with Crippen molar-refractivity contribution < 1.29 is 32.9 Å². The molecule has 2 atom stereocenters. The lowest BCUT2D eigenvalue weighted by molar-refractivity contribution is -0.137. The van der Waals surface area contributed by atoms with Crippen molar-refractivity contribution in [2.75, 3.05) is 13.7 Å². The summed E-state index contributed by atoms with van der Waals surface area (Å²) in [5.41, 5.74) is -1.17. The predicted octanol–water partition coefficient (Wildman–Crippen LogP) is 1.24. The Bertz CT molecular complexity index is 505. The van der Waals surface area contributed by atoms with E-state index in [1.165, 1.54) is 14.0 Å². The van der Waals surface area contributed by atoms with Crippen molar-refractivity contribution in [3.05, 3.63) is 29.3 Å². The zero-order valence-electron chi connectivity index (χ0n) is 11.4. The molecule has 8 heteroatoms. The average Bonchev–Trinajstić information content (AvgIpc) is 2.42. The molecule has 2 unspecified atom stereocenters. The third-order valence-corrected chi connectivity index (χ3v) is 2.80. The molecule has 3 N–H and O–H groups in total. The highest BCUT2D eigenvalue weighted by molar-refractivity contribution is 5.72. The number of nitrogens with one attached hydrogen (secondary N) is 1. The number of hydrogen-bond acceptors (Lipinski definition) is 4. The Kier molecular flexibility index (Phi) is 5.56. The van der Waals surface area contributed by atoms with Crippen molar-refractivity contribution in [3.8, 4) is 5.75 Å². The average molecular weight is 307 g/mol. The molecule has 0 aromatic heterocycles. The van der Waals surface area contributed by atoms with E-state index in [9.17, 15) is 28.2 Å². The zero-order chi connectivity index (χ0) is 16.2. The van der Waals surface area contributed by atoms with E-state index in [0.29, 0.717) is 6.07 Å². The minimum absolute atomic E-state index is 0.0115. The topological polar surface area (TPSA) is 78.8 Å². The normalized spacial score (nSPS) is 14.4. The summed E-state index contributed by atoms with van der Waals surface area (Å²) in [5.74, 6) is -0.422. The number of rotatable bonds is 5. The van der Waals surface area contributed by atoms with E-state index < -0.39 is 29.9 Å². The van der Waals surface area contributed by atoms with Gasteiger partial charge < -0.3 is 20.3 Å². The molecule has 5 nitrogen and oxygen atoms in total. The van der Waals surface area contributed by atoms with Gasteiger partial charge in [0.2, 0.25) is 5.91 Å².